The van der Waals surface area contributed by atoms with Crippen molar-refractivity contribution in [3.8, 4) is 0 Å². The minimum Gasteiger partial charge on any atom is -0.352 e. The summed E-state index contributed by atoms with van der Waals surface area (Å²) in [6.45, 7) is 2.22. The molecule has 1 saturated carbocycles. The summed E-state index contributed by atoms with van der Waals surface area (Å²) in [6, 6.07) is 0.234. The Labute approximate surface area is 113 Å². The van der Waals surface area contributed by atoms with E-state index in [1.54, 1.807) is 10.9 Å². The lowest BCUT2D eigenvalue weighted by Crippen LogP contribution is -2.38. The number of hydrogen-bond donors (Lipinski definition) is 2. The second-order valence-corrected chi connectivity index (χ2v) is 5.26. The van der Waals surface area contributed by atoms with Crippen molar-refractivity contribution >= 4 is 5.91 Å². The van der Waals surface area contributed by atoms with Crippen molar-refractivity contribution in [2.24, 2.45) is 5.73 Å². The predicted molar refractivity (Wildman–Crippen MR) is 72.3 cm³/mol. The van der Waals surface area contributed by atoms with Crippen molar-refractivity contribution in [3.63, 3.8) is 0 Å². The Kier molecular flexibility index (Phi) is 4.90. The molecule has 1 aromatic heterocycles. The first kappa shape index (κ1) is 14.0. The highest BCUT2D eigenvalue weighted by molar-refractivity contribution is 5.75. The molecule has 0 radical (unpaired) electrons. The van der Waals surface area contributed by atoms with Crippen LogP contribution in [0.5, 0.6) is 0 Å². The highest BCUT2D eigenvalue weighted by Crippen LogP contribution is 2.17. The van der Waals surface area contributed by atoms with Gasteiger partial charge in [-0.05, 0) is 19.3 Å². The molecular weight excluding hydrogens is 242 g/mol. The van der Waals surface area contributed by atoms with Crippen LogP contribution >= 0.6 is 0 Å². The van der Waals surface area contributed by atoms with Crippen LogP contribution in [0.15, 0.2) is 6.20 Å². The van der Waals surface area contributed by atoms with Crippen molar-refractivity contribution in [3.05, 3.63) is 11.9 Å². The summed E-state index contributed by atoms with van der Waals surface area (Å²) in [5.74, 6) is 0.00780. The predicted octanol–water partition coefficient (Wildman–Crippen LogP) is 1.14. The molecular formula is C13H23N5O. The molecule has 1 amide bonds. The summed E-state index contributed by atoms with van der Waals surface area (Å²) in [5, 5.41) is 11.0. The summed E-state index contributed by atoms with van der Waals surface area (Å²) in [6.07, 6.45) is 8.47. The van der Waals surface area contributed by atoms with E-state index < -0.39 is 0 Å². The van der Waals surface area contributed by atoms with Gasteiger partial charge >= 0.3 is 0 Å². The Morgan fingerprint density at radius 2 is 2.26 bits per heavy atom. The number of carbonyl (C=O) groups is 1. The maximum Gasteiger partial charge on any atom is 0.242 e. The average molecular weight is 265 g/mol. The minimum absolute atomic E-state index is 0.00780. The van der Waals surface area contributed by atoms with Crippen molar-refractivity contribution in [1.82, 2.24) is 20.3 Å². The number of carbonyl (C=O) groups excluding carboxylic acids is 1. The Morgan fingerprint density at radius 1 is 1.53 bits per heavy atom. The maximum atomic E-state index is 11.9. The molecule has 0 aliphatic heterocycles. The van der Waals surface area contributed by atoms with Gasteiger partial charge in [-0.25, -0.2) is 4.68 Å². The van der Waals surface area contributed by atoms with Gasteiger partial charge in [0.1, 0.15) is 6.54 Å². The van der Waals surface area contributed by atoms with Crippen LogP contribution in [0.4, 0.5) is 0 Å². The lowest BCUT2D eigenvalue weighted by molar-refractivity contribution is -0.122. The molecule has 1 atom stereocenters. The van der Waals surface area contributed by atoms with Gasteiger partial charge in [0.05, 0.1) is 17.9 Å². The zero-order valence-corrected chi connectivity index (χ0v) is 11.5. The fourth-order valence-electron chi connectivity index (χ4n) is 2.44. The zero-order chi connectivity index (χ0) is 13.7. The Hall–Kier alpha value is -1.43. The first-order valence-corrected chi connectivity index (χ1v) is 7.14. The molecule has 6 heteroatoms. The van der Waals surface area contributed by atoms with Gasteiger partial charge in [-0.2, -0.15) is 0 Å². The number of aromatic nitrogens is 3. The van der Waals surface area contributed by atoms with Gasteiger partial charge in [0.15, 0.2) is 0 Å². The number of hydrogen-bond acceptors (Lipinski definition) is 4. The van der Waals surface area contributed by atoms with E-state index in [1.807, 2.05) is 6.92 Å². The second kappa shape index (κ2) is 6.65. The number of rotatable bonds is 5. The maximum absolute atomic E-state index is 11.9. The van der Waals surface area contributed by atoms with Crippen LogP contribution in [-0.2, 0) is 11.3 Å². The highest BCUT2D eigenvalue weighted by Gasteiger charge is 2.16. The first-order chi connectivity index (χ1) is 9.19. The Balaban J connectivity index is 1.82. The van der Waals surface area contributed by atoms with Gasteiger partial charge in [-0.15, -0.1) is 5.10 Å². The Morgan fingerprint density at radius 3 is 2.95 bits per heavy atom. The van der Waals surface area contributed by atoms with Crippen LogP contribution < -0.4 is 11.1 Å². The monoisotopic (exact) mass is 265 g/mol. The van der Waals surface area contributed by atoms with E-state index in [0.717, 1.165) is 25.0 Å². The number of amides is 1. The van der Waals surface area contributed by atoms with Gasteiger partial charge in [-0.3, -0.25) is 4.79 Å². The van der Waals surface area contributed by atoms with Gasteiger partial charge in [0.25, 0.3) is 0 Å². The molecule has 1 fully saturated rings. The third-order valence-electron chi connectivity index (χ3n) is 3.65. The van der Waals surface area contributed by atoms with E-state index >= 15 is 0 Å². The molecule has 2 rings (SSSR count). The molecule has 19 heavy (non-hydrogen) atoms. The quantitative estimate of drug-likeness (QED) is 0.836. The standard InChI is InChI=1S/C13H23N5O/c1-2-11(14)12-8-18(17-16-12)9-13(19)15-10-6-4-3-5-7-10/h8,10-11H,2-7,9,14H2,1H3,(H,15,19). The molecule has 6 nitrogen and oxygen atoms in total. The van der Waals surface area contributed by atoms with Crippen molar-refractivity contribution in [2.45, 2.75) is 64.1 Å². The van der Waals surface area contributed by atoms with Crippen molar-refractivity contribution in [1.29, 1.82) is 0 Å². The lowest BCUT2D eigenvalue weighted by Gasteiger charge is -2.22. The average Bonchev–Trinajstić information content (AvgIpc) is 2.87. The molecule has 1 aliphatic carbocycles. The second-order valence-electron chi connectivity index (χ2n) is 5.26. The molecule has 0 bridgehead atoms. The summed E-state index contributed by atoms with van der Waals surface area (Å²) in [7, 11) is 0. The fourth-order valence-corrected chi connectivity index (χ4v) is 2.44. The van der Waals surface area contributed by atoms with Crippen molar-refractivity contribution in [2.75, 3.05) is 0 Å². The van der Waals surface area contributed by atoms with Crippen LogP contribution in [-0.4, -0.2) is 26.9 Å². The van der Waals surface area contributed by atoms with Gasteiger partial charge in [-0.1, -0.05) is 31.4 Å². The topological polar surface area (TPSA) is 85.8 Å². The lowest BCUT2D eigenvalue weighted by atomic mass is 9.95. The molecule has 0 aromatic carbocycles. The zero-order valence-electron chi connectivity index (χ0n) is 11.5. The van der Waals surface area contributed by atoms with E-state index in [2.05, 4.69) is 15.6 Å². The normalized spacial score (nSPS) is 18.2. The third kappa shape index (κ3) is 4.02. The van der Waals surface area contributed by atoms with Crippen LogP contribution in [0.25, 0.3) is 0 Å². The Bertz CT molecular complexity index is 411. The molecule has 106 valence electrons. The number of nitrogens with one attached hydrogen (secondary N) is 1. The van der Waals surface area contributed by atoms with Crippen LogP contribution in [0, 0.1) is 0 Å². The molecule has 0 spiro atoms. The van der Waals surface area contributed by atoms with Gasteiger partial charge in [0, 0.05) is 6.04 Å². The van der Waals surface area contributed by atoms with Crippen LogP contribution in [0.2, 0.25) is 0 Å². The molecule has 3 N–H and O–H groups in total. The van der Waals surface area contributed by atoms with E-state index in [0.29, 0.717) is 6.04 Å². The highest BCUT2D eigenvalue weighted by atomic mass is 16.2. The summed E-state index contributed by atoms with van der Waals surface area (Å²) < 4.78 is 1.56. The fraction of sp³-hybridized carbons (Fsp3) is 0.769. The van der Waals surface area contributed by atoms with E-state index in [9.17, 15) is 4.79 Å². The molecule has 0 saturated heterocycles. The van der Waals surface area contributed by atoms with E-state index in [-0.39, 0.29) is 18.5 Å². The minimum atomic E-state index is -0.102. The van der Waals surface area contributed by atoms with Crippen molar-refractivity contribution < 1.29 is 4.79 Å². The molecule has 1 unspecified atom stereocenters. The van der Waals surface area contributed by atoms with E-state index in [4.69, 9.17) is 5.73 Å². The van der Waals surface area contributed by atoms with Crippen LogP contribution in [0.1, 0.15) is 57.2 Å². The summed E-state index contributed by atoms with van der Waals surface area (Å²) >= 11 is 0. The third-order valence-corrected chi connectivity index (χ3v) is 3.65. The molecule has 1 heterocycles. The molecule has 1 aromatic rings. The summed E-state index contributed by atoms with van der Waals surface area (Å²) in [4.78, 5) is 11.9. The SMILES string of the molecule is CCC(N)c1cn(CC(=O)NC2CCCCC2)nn1. The smallest absolute Gasteiger partial charge is 0.242 e. The first-order valence-electron chi connectivity index (χ1n) is 7.14. The number of nitrogens with zero attached hydrogens (tertiary/aromatic N) is 3. The van der Waals surface area contributed by atoms with E-state index in [1.165, 1.54) is 19.3 Å². The largest absolute Gasteiger partial charge is 0.352 e. The summed E-state index contributed by atoms with van der Waals surface area (Å²) in [5.41, 5.74) is 6.61. The van der Waals surface area contributed by atoms with Gasteiger partial charge in [0.2, 0.25) is 5.91 Å². The molecule has 1 aliphatic rings. The number of nitrogens with two attached hydrogens (primary N) is 1. The van der Waals surface area contributed by atoms with Gasteiger partial charge < -0.3 is 11.1 Å². The van der Waals surface area contributed by atoms with Crippen LogP contribution in [0.3, 0.4) is 0 Å².